The number of aliphatic hydroxyl groups excluding tert-OH is 1. The lowest BCUT2D eigenvalue weighted by Crippen LogP contribution is -2.33. The zero-order valence-electron chi connectivity index (χ0n) is 10.1. The third kappa shape index (κ3) is 2.03. The van der Waals surface area contributed by atoms with Gasteiger partial charge in [-0.05, 0) is 12.6 Å². The molecule has 17 heavy (non-hydrogen) atoms. The van der Waals surface area contributed by atoms with Crippen molar-refractivity contribution in [2.45, 2.75) is 6.10 Å². The van der Waals surface area contributed by atoms with Crippen LogP contribution in [0.15, 0.2) is 12.1 Å². The summed E-state index contributed by atoms with van der Waals surface area (Å²) in [5.74, 6) is 1.35. The average Bonchev–Trinajstić information content (AvgIpc) is 2.38. The SMILES string of the molecule is COc1cc(OC)c2c(c1)[C@@H](O)[C@@H](CN)CN2. The van der Waals surface area contributed by atoms with Crippen molar-refractivity contribution < 1.29 is 14.6 Å². The van der Waals surface area contributed by atoms with Crippen molar-refractivity contribution in [3.05, 3.63) is 17.7 Å². The Balaban J connectivity index is 2.47. The molecule has 0 bridgehead atoms. The number of ether oxygens (including phenoxy) is 2. The fourth-order valence-electron chi connectivity index (χ4n) is 2.12. The van der Waals surface area contributed by atoms with Crippen LogP contribution < -0.4 is 20.5 Å². The van der Waals surface area contributed by atoms with E-state index in [4.69, 9.17) is 15.2 Å². The molecule has 94 valence electrons. The number of methoxy groups -OCH3 is 2. The molecule has 5 nitrogen and oxygen atoms in total. The molecule has 2 atom stereocenters. The van der Waals surface area contributed by atoms with Crippen LogP contribution in [0.3, 0.4) is 0 Å². The topological polar surface area (TPSA) is 76.7 Å². The largest absolute Gasteiger partial charge is 0.497 e. The third-order valence-electron chi connectivity index (χ3n) is 3.17. The number of nitrogens with two attached hydrogens (primary N) is 1. The van der Waals surface area contributed by atoms with Gasteiger partial charge in [-0.25, -0.2) is 0 Å². The zero-order valence-corrected chi connectivity index (χ0v) is 10.1. The molecule has 1 aliphatic rings. The van der Waals surface area contributed by atoms with E-state index in [0.717, 1.165) is 11.3 Å². The predicted octanol–water partition coefficient (Wildman–Crippen LogP) is 0.738. The van der Waals surface area contributed by atoms with Crippen LogP contribution in [0.4, 0.5) is 5.69 Å². The quantitative estimate of drug-likeness (QED) is 0.724. The van der Waals surface area contributed by atoms with Crippen LogP contribution in [0.25, 0.3) is 0 Å². The number of anilines is 1. The van der Waals surface area contributed by atoms with E-state index < -0.39 is 6.10 Å². The lowest BCUT2D eigenvalue weighted by atomic mass is 9.90. The van der Waals surface area contributed by atoms with E-state index in [1.165, 1.54) is 0 Å². The Bertz CT molecular complexity index is 409. The maximum atomic E-state index is 10.2. The molecule has 2 rings (SSSR count). The van der Waals surface area contributed by atoms with E-state index in [1.54, 1.807) is 20.3 Å². The van der Waals surface area contributed by atoms with Gasteiger partial charge >= 0.3 is 0 Å². The molecule has 0 unspecified atom stereocenters. The van der Waals surface area contributed by atoms with Crippen molar-refractivity contribution in [2.24, 2.45) is 11.7 Å². The Hall–Kier alpha value is -1.46. The van der Waals surface area contributed by atoms with Gasteiger partial charge in [0.25, 0.3) is 0 Å². The number of benzene rings is 1. The van der Waals surface area contributed by atoms with E-state index in [2.05, 4.69) is 5.32 Å². The monoisotopic (exact) mass is 238 g/mol. The summed E-state index contributed by atoms with van der Waals surface area (Å²) in [5.41, 5.74) is 7.23. The second kappa shape index (κ2) is 4.81. The maximum absolute atomic E-state index is 10.2. The standard InChI is InChI=1S/C12H18N2O3/c1-16-8-3-9-11(10(4-8)17-2)14-6-7(5-13)12(9)15/h3-4,7,12,14-15H,5-6,13H2,1-2H3/t7-,12-/m0/s1. The van der Waals surface area contributed by atoms with E-state index in [0.29, 0.717) is 24.6 Å². The van der Waals surface area contributed by atoms with Crippen LogP contribution >= 0.6 is 0 Å². The lowest BCUT2D eigenvalue weighted by molar-refractivity contribution is 0.114. The van der Waals surface area contributed by atoms with Gasteiger partial charge in [0, 0.05) is 24.1 Å². The first kappa shape index (κ1) is 12.0. The fraction of sp³-hybridized carbons (Fsp3) is 0.500. The van der Waals surface area contributed by atoms with Gasteiger partial charge < -0.3 is 25.6 Å². The minimum Gasteiger partial charge on any atom is -0.497 e. The van der Waals surface area contributed by atoms with Crippen LogP contribution in [0, 0.1) is 5.92 Å². The molecule has 1 aromatic carbocycles. The molecule has 0 saturated heterocycles. The second-order valence-electron chi connectivity index (χ2n) is 4.12. The minimum atomic E-state index is -0.583. The number of fused-ring (bicyclic) bond motifs is 1. The van der Waals surface area contributed by atoms with Crippen molar-refractivity contribution in [3.8, 4) is 11.5 Å². The third-order valence-corrected chi connectivity index (χ3v) is 3.17. The predicted molar refractivity (Wildman–Crippen MR) is 65.5 cm³/mol. The van der Waals surface area contributed by atoms with Gasteiger partial charge in [0.05, 0.1) is 26.0 Å². The van der Waals surface area contributed by atoms with Crippen molar-refractivity contribution in [1.82, 2.24) is 0 Å². The Kier molecular flexibility index (Phi) is 3.40. The van der Waals surface area contributed by atoms with E-state index in [1.807, 2.05) is 6.07 Å². The van der Waals surface area contributed by atoms with Crippen LogP contribution in [0.5, 0.6) is 11.5 Å². The molecule has 4 N–H and O–H groups in total. The molecule has 0 amide bonds. The van der Waals surface area contributed by atoms with Crippen molar-refractivity contribution in [2.75, 3.05) is 32.6 Å². The van der Waals surface area contributed by atoms with Crippen LogP contribution in [0.2, 0.25) is 0 Å². The molecule has 1 aromatic rings. The molecule has 1 heterocycles. The van der Waals surface area contributed by atoms with Crippen molar-refractivity contribution >= 4 is 5.69 Å². The maximum Gasteiger partial charge on any atom is 0.146 e. The lowest BCUT2D eigenvalue weighted by Gasteiger charge is -2.31. The summed E-state index contributed by atoms with van der Waals surface area (Å²) in [6.07, 6.45) is -0.583. The van der Waals surface area contributed by atoms with E-state index >= 15 is 0 Å². The van der Waals surface area contributed by atoms with Gasteiger partial charge in [-0.2, -0.15) is 0 Å². The van der Waals surface area contributed by atoms with Crippen LogP contribution in [-0.4, -0.2) is 32.4 Å². The molecule has 0 aliphatic carbocycles. The first-order valence-electron chi connectivity index (χ1n) is 5.59. The summed E-state index contributed by atoms with van der Waals surface area (Å²) in [4.78, 5) is 0. The zero-order chi connectivity index (χ0) is 12.4. The molecule has 0 spiro atoms. The number of nitrogens with one attached hydrogen (secondary N) is 1. The normalized spacial score (nSPS) is 22.6. The molecular weight excluding hydrogens is 220 g/mol. The number of aliphatic hydroxyl groups is 1. The summed E-state index contributed by atoms with van der Waals surface area (Å²) < 4.78 is 10.5. The Morgan fingerprint density at radius 1 is 1.41 bits per heavy atom. The first-order valence-corrected chi connectivity index (χ1v) is 5.59. The highest BCUT2D eigenvalue weighted by Gasteiger charge is 2.29. The van der Waals surface area contributed by atoms with E-state index in [-0.39, 0.29) is 5.92 Å². The summed E-state index contributed by atoms with van der Waals surface area (Å²) >= 11 is 0. The molecular formula is C12H18N2O3. The van der Waals surface area contributed by atoms with Crippen molar-refractivity contribution in [3.63, 3.8) is 0 Å². The van der Waals surface area contributed by atoms with Gasteiger partial charge in [-0.1, -0.05) is 0 Å². The van der Waals surface area contributed by atoms with Gasteiger partial charge in [-0.3, -0.25) is 0 Å². The first-order chi connectivity index (χ1) is 8.21. The summed E-state index contributed by atoms with van der Waals surface area (Å²) in [6, 6.07) is 3.61. The molecule has 1 aliphatic heterocycles. The molecule has 5 heteroatoms. The molecule has 0 aromatic heterocycles. The highest BCUT2D eigenvalue weighted by Crippen LogP contribution is 2.41. The smallest absolute Gasteiger partial charge is 0.146 e. The van der Waals surface area contributed by atoms with Gasteiger partial charge in [0.1, 0.15) is 11.5 Å². The Morgan fingerprint density at radius 2 is 2.18 bits per heavy atom. The van der Waals surface area contributed by atoms with Crippen LogP contribution in [-0.2, 0) is 0 Å². The summed E-state index contributed by atoms with van der Waals surface area (Å²) in [6.45, 7) is 1.08. The molecule has 0 fully saturated rings. The average molecular weight is 238 g/mol. The highest BCUT2D eigenvalue weighted by atomic mass is 16.5. The summed E-state index contributed by atoms with van der Waals surface area (Å²) in [5, 5.41) is 13.5. The van der Waals surface area contributed by atoms with Crippen LogP contribution in [0.1, 0.15) is 11.7 Å². The fourth-order valence-corrected chi connectivity index (χ4v) is 2.12. The molecule has 0 radical (unpaired) electrons. The highest BCUT2D eigenvalue weighted by molar-refractivity contribution is 5.67. The van der Waals surface area contributed by atoms with E-state index in [9.17, 15) is 5.11 Å². The van der Waals surface area contributed by atoms with Gasteiger partial charge in [0.2, 0.25) is 0 Å². The minimum absolute atomic E-state index is 0.0133. The van der Waals surface area contributed by atoms with Gasteiger partial charge in [0.15, 0.2) is 0 Å². The number of rotatable bonds is 3. The second-order valence-corrected chi connectivity index (χ2v) is 4.12. The Labute approximate surface area is 101 Å². The van der Waals surface area contributed by atoms with Gasteiger partial charge in [-0.15, -0.1) is 0 Å². The van der Waals surface area contributed by atoms with Crippen molar-refractivity contribution in [1.29, 1.82) is 0 Å². The number of hydrogen-bond acceptors (Lipinski definition) is 5. The Morgan fingerprint density at radius 3 is 2.76 bits per heavy atom. The molecule has 0 saturated carbocycles. The number of hydrogen-bond donors (Lipinski definition) is 3. The summed E-state index contributed by atoms with van der Waals surface area (Å²) in [7, 11) is 3.18.